The second kappa shape index (κ2) is 10.7. The van der Waals surface area contributed by atoms with E-state index < -0.39 is 0 Å². The third-order valence-electron chi connectivity index (χ3n) is 6.90. The van der Waals surface area contributed by atoms with E-state index in [1.165, 1.54) is 17.3 Å². The number of likely N-dealkylation sites (tertiary alicyclic amines) is 1. The van der Waals surface area contributed by atoms with E-state index in [-0.39, 0.29) is 5.91 Å². The summed E-state index contributed by atoms with van der Waals surface area (Å²) in [6, 6.07) is 12.1. The van der Waals surface area contributed by atoms with Crippen LogP contribution in [0.25, 0.3) is 11.7 Å². The van der Waals surface area contributed by atoms with Crippen LogP contribution in [0.1, 0.15) is 30.5 Å². The molecule has 5 rings (SSSR count). The van der Waals surface area contributed by atoms with Gasteiger partial charge in [-0.05, 0) is 81.1 Å². The van der Waals surface area contributed by atoms with E-state index in [0.717, 1.165) is 84.6 Å². The van der Waals surface area contributed by atoms with Crippen LogP contribution in [0.2, 0.25) is 0 Å². The van der Waals surface area contributed by atoms with E-state index in [1.807, 2.05) is 42.6 Å². The Bertz CT molecular complexity index is 1230. The predicted molar refractivity (Wildman–Crippen MR) is 139 cm³/mol. The number of aryl methyl sites for hydroxylation is 1. The number of nitrogens with zero attached hydrogens (tertiary/aromatic N) is 3. The van der Waals surface area contributed by atoms with Crippen LogP contribution in [0, 0.1) is 5.92 Å². The molecule has 0 bridgehead atoms. The molecule has 8 heteroatoms. The summed E-state index contributed by atoms with van der Waals surface area (Å²) in [6.07, 6.45) is 8.04. The van der Waals surface area contributed by atoms with Gasteiger partial charge in [-0.25, -0.2) is 4.98 Å². The molecule has 35 heavy (non-hydrogen) atoms. The molecule has 0 spiro atoms. The summed E-state index contributed by atoms with van der Waals surface area (Å²) in [4.78, 5) is 20.6. The molecule has 0 radical (unpaired) electrons. The van der Waals surface area contributed by atoms with Crippen LogP contribution in [0.5, 0.6) is 11.5 Å². The molecule has 1 aromatic carbocycles. The monoisotopic (exact) mass is 492 g/mol. The Labute approximate surface area is 210 Å². The highest BCUT2D eigenvalue weighted by Gasteiger charge is 2.23. The molecular formula is C27H32N4O3S. The summed E-state index contributed by atoms with van der Waals surface area (Å²) >= 11 is 1.51. The number of amides is 1. The number of ether oxygens (including phenoxy) is 2. The summed E-state index contributed by atoms with van der Waals surface area (Å²) in [6.45, 7) is 3.96. The zero-order valence-corrected chi connectivity index (χ0v) is 21.1. The smallest absolute Gasteiger partial charge is 0.258 e. The lowest BCUT2D eigenvalue weighted by molar-refractivity contribution is -0.117. The quantitative estimate of drug-likeness (QED) is 0.482. The summed E-state index contributed by atoms with van der Waals surface area (Å²) in [5.74, 6) is 2.17. The number of thioether (sulfide) groups is 1. The fourth-order valence-electron chi connectivity index (χ4n) is 4.98. The van der Waals surface area contributed by atoms with Gasteiger partial charge in [0.15, 0.2) is 11.5 Å². The number of para-hydroxylation sites is 1. The van der Waals surface area contributed by atoms with Crippen molar-refractivity contribution >= 4 is 29.4 Å². The van der Waals surface area contributed by atoms with Crippen molar-refractivity contribution in [2.75, 3.05) is 40.4 Å². The lowest BCUT2D eigenvalue weighted by atomic mass is 9.96. The number of imidazole rings is 1. The van der Waals surface area contributed by atoms with Gasteiger partial charge < -0.3 is 19.7 Å². The number of methoxy groups -OCH3 is 2. The number of aromatic nitrogens is 2. The number of rotatable bonds is 9. The van der Waals surface area contributed by atoms with Gasteiger partial charge >= 0.3 is 0 Å². The number of piperidine rings is 1. The molecule has 1 saturated heterocycles. The van der Waals surface area contributed by atoms with E-state index in [2.05, 4.69) is 25.7 Å². The molecule has 2 aliphatic rings. The van der Waals surface area contributed by atoms with Gasteiger partial charge in [-0.2, -0.15) is 0 Å². The highest BCUT2D eigenvalue weighted by Crippen LogP contribution is 2.34. The SMILES string of the molecule is COc1cccc(CCCN2CCC(CNC(=O)C3=Cc4cnc5cccc(n45)S3)CC2)c1OC. The van der Waals surface area contributed by atoms with Gasteiger partial charge in [0.05, 0.1) is 36.0 Å². The zero-order chi connectivity index (χ0) is 24.2. The Hall–Kier alpha value is -2.97. The Kier molecular flexibility index (Phi) is 7.29. The number of benzene rings is 1. The molecular weight excluding hydrogens is 460 g/mol. The summed E-state index contributed by atoms with van der Waals surface area (Å²) in [5.41, 5.74) is 3.06. The highest BCUT2D eigenvalue weighted by molar-refractivity contribution is 8.04. The predicted octanol–water partition coefficient (Wildman–Crippen LogP) is 4.26. The average molecular weight is 493 g/mol. The molecule has 184 valence electrons. The van der Waals surface area contributed by atoms with E-state index >= 15 is 0 Å². The minimum atomic E-state index is 0.00844. The fourth-order valence-corrected chi connectivity index (χ4v) is 5.99. The Morgan fingerprint density at radius 3 is 2.77 bits per heavy atom. The van der Waals surface area contributed by atoms with Gasteiger partial charge in [0.1, 0.15) is 5.65 Å². The lowest BCUT2D eigenvalue weighted by Gasteiger charge is -2.32. The normalized spacial score (nSPS) is 16.2. The Morgan fingerprint density at radius 2 is 1.97 bits per heavy atom. The van der Waals surface area contributed by atoms with Gasteiger partial charge in [0.2, 0.25) is 0 Å². The lowest BCUT2D eigenvalue weighted by Crippen LogP contribution is -2.39. The molecule has 0 aliphatic carbocycles. The maximum absolute atomic E-state index is 12.9. The van der Waals surface area contributed by atoms with Crippen molar-refractivity contribution in [2.45, 2.75) is 30.7 Å². The van der Waals surface area contributed by atoms with Crippen LogP contribution in [-0.2, 0) is 11.2 Å². The standard InChI is InChI=1S/C27H32N4O3S/c1-33-22-8-3-6-20(26(22)34-2)7-5-13-30-14-11-19(12-15-30)17-29-27(32)23-16-21-18-28-24-9-4-10-25(35-23)31(21)24/h3-4,6,8-10,16,18-19H,5,7,11-15,17H2,1-2H3,(H,29,32). The summed E-state index contributed by atoms with van der Waals surface area (Å²) in [5, 5.41) is 4.21. The molecule has 0 unspecified atom stereocenters. The van der Waals surface area contributed by atoms with E-state index in [0.29, 0.717) is 5.92 Å². The molecule has 2 aliphatic heterocycles. The first-order valence-electron chi connectivity index (χ1n) is 12.2. The first kappa shape index (κ1) is 23.8. The van der Waals surface area contributed by atoms with Crippen LogP contribution in [-0.4, -0.2) is 60.6 Å². The number of hydrogen-bond acceptors (Lipinski definition) is 6. The molecule has 1 fully saturated rings. The van der Waals surface area contributed by atoms with E-state index in [1.54, 1.807) is 14.2 Å². The van der Waals surface area contributed by atoms with Crippen LogP contribution < -0.4 is 14.8 Å². The second-order valence-electron chi connectivity index (χ2n) is 9.10. The fraction of sp³-hybridized carbons (Fsp3) is 0.407. The molecule has 7 nitrogen and oxygen atoms in total. The van der Waals surface area contributed by atoms with Gasteiger partial charge in [-0.3, -0.25) is 9.20 Å². The average Bonchev–Trinajstić information content (AvgIpc) is 3.32. The van der Waals surface area contributed by atoms with Gasteiger partial charge in [-0.1, -0.05) is 30.0 Å². The first-order valence-corrected chi connectivity index (χ1v) is 13.0. The maximum atomic E-state index is 12.9. The Morgan fingerprint density at radius 1 is 1.14 bits per heavy atom. The second-order valence-corrected chi connectivity index (χ2v) is 10.2. The van der Waals surface area contributed by atoms with E-state index in [4.69, 9.17) is 9.47 Å². The molecule has 0 atom stereocenters. The van der Waals surface area contributed by atoms with Crippen molar-refractivity contribution in [2.24, 2.45) is 5.92 Å². The first-order chi connectivity index (χ1) is 17.2. The molecule has 0 saturated carbocycles. The van der Waals surface area contributed by atoms with Crippen LogP contribution in [0.4, 0.5) is 0 Å². The molecule has 1 amide bonds. The van der Waals surface area contributed by atoms with Crippen LogP contribution in [0.15, 0.2) is 52.5 Å². The summed E-state index contributed by atoms with van der Waals surface area (Å²) in [7, 11) is 3.37. The van der Waals surface area contributed by atoms with Crippen molar-refractivity contribution in [3.63, 3.8) is 0 Å². The van der Waals surface area contributed by atoms with Crippen molar-refractivity contribution in [3.8, 4) is 11.5 Å². The number of carbonyl (C=O) groups is 1. The number of pyridine rings is 1. The van der Waals surface area contributed by atoms with Gasteiger partial charge in [0, 0.05) is 6.54 Å². The largest absolute Gasteiger partial charge is 0.493 e. The summed E-state index contributed by atoms with van der Waals surface area (Å²) < 4.78 is 13.1. The van der Waals surface area contributed by atoms with Gasteiger partial charge in [0.25, 0.3) is 5.91 Å². The zero-order valence-electron chi connectivity index (χ0n) is 20.3. The third kappa shape index (κ3) is 5.18. The van der Waals surface area contributed by atoms with Crippen LogP contribution in [0.3, 0.4) is 0 Å². The minimum absolute atomic E-state index is 0.00844. The van der Waals surface area contributed by atoms with Gasteiger partial charge in [-0.15, -0.1) is 0 Å². The van der Waals surface area contributed by atoms with Crippen molar-refractivity contribution in [1.82, 2.24) is 19.6 Å². The molecule has 1 N–H and O–H groups in total. The van der Waals surface area contributed by atoms with Crippen molar-refractivity contribution in [3.05, 3.63) is 58.8 Å². The number of carbonyl (C=O) groups excluding carboxylic acids is 1. The van der Waals surface area contributed by atoms with Crippen molar-refractivity contribution < 1.29 is 14.3 Å². The van der Waals surface area contributed by atoms with E-state index in [9.17, 15) is 4.79 Å². The minimum Gasteiger partial charge on any atom is -0.493 e. The molecule has 3 aromatic rings. The van der Waals surface area contributed by atoms with Crippen molar-refractivity contribution in [1.29, 1.82) is 0 Å². The topological polar surface area (TPSA) is 68.1 Å². The number of nitrogens with one attached hydrogen (secondary N) is 1. The molecule has 2 aromatic heterocycles. The number of hydrogen-bond donors (Lipinski definition) is 1. The van der Waals surface area contributed by atoms with Crippen LogP contribution >= 0.6 is 11.8 Å². The Balaban J connectivity index is 1.06. The highest BCUT2D eigenvalue weighted by atomic mass is 32.2. The maximum Gasteiger partial charge on any atom is 0.258 e. The molecule has 4 heterocycles. The third-order valence-corrected chi connectivity index (χ3v) is 7.95.